The number of para-hydroxylation sites is 6. The van der Waals surface area contributed by atoms with Gasteiger partial charge in [0.05, 0.1) is 0 Å². The van der Waals surface area contributed by atoms with Gasteiger partial charge in [-0.25, -0.2) is 0 Å². The lowest BCUT2D eigenvalue weighted by Gasteiger charge is -2.09. The van der Waals surface area contributed by atoms with E-state index in [1.165, 1.54) is 18.2 Å². The number of amides is 3. The van der Waals surface area contributed by atoms with Gasteiger partial charge >= 0.3 is 18.0 Å². The van der Waals surface area contributed by atoms with Gasteiger partial charge in [0.15, 0.2) is 16.7 Å². The van der Waals surface area contributed by atoms with Crippen LogP contribution < -0.4 is 16.0 Å². The molecule has 0 spiro atoms. The summed E-state index contributed by atoms with van der Waals surface area (Å²) in [6, 6.07) is 24.9. The lowest BCUT2D eigenvalue weighted by molar-refractivity contribution is 0.102. The molecule has 3 aromatic heterocycles. The second-order valence-corrected chi connectivity index (χ2v) is 9.12. The van der Waals surface area contributed by atoms with Gasteiger partial charge in [-0.3, -0.25) is 30.3 Å². The van der Waals surface area contributed by atoms with E-state index in [-0.39, 0.29) is 34.7 Å². The van der Waals surface area contributed by atoms with Crippen LogP contribution in [-0.4, -0.2) is 32.7 Å². The Morgan fingerprint density at radius 3 is 1.02 bits per heavy atom. The highest BCUT2D eigenvalue weighted by Gasteiger charge is 2.20. The molecule has 3 amide bonds. The molecule has 3 heterocycles. The Kier molecular flexibility index (Phi) is 5.90. The molecule has 0 saturated heterocycles. The summed E-state index contributed by atoms with van der Waals surface area (Å²) in [6.07, 6.45) is 0. The fourth-order valence-corrected chi connectivity index (χ4v) is 4.31. The predicted octanol–water partition coefficient (Wildman–Crippen LogP) is 5.87. The minimum absolute atomic E-state index is 0.00909. The van der Waals surface area contributed by atoms with E-state index < -0.39 is 17.7 Å². The first-order valence-corrected chi connectivity index (χ1v) is 12.6. The zero-order chi connectivity index (χ0) is 28.6. The zero-order valence-electron chi connectivity index (χ0n) is 21.5. The fraction of sp³-hybridized carbons (Fsp3) is 0. The summed E-state index contributed by atoms with van der Waals surface area (Å²) < 4.78 is 16.8. The zero-order valence-corrected chi connectivity index (χ0v) is 21.5. The number of nitrogens with one attached hydrogen (secondary N) is 3. The van der Waals surface area contributed by atoms with Crippen molar-refractivity contribution in [3.8, 4) is 0 Å². The predicted molar refractivity (Wildman–Crippen MR) is 152 cm³/mol. The Bertz CT molecular complexity index is 1810. The number of hydrogen-bond donors (Lipinski definition) is 3. The largest absolute Gasteiger partial charge is 0.423 e. The number of benzene rings is 4. The van der Waals surface area contributed by atoms with Crippen molar-refractivity contribution in [2.45, 2.75) is 0 Å². The molecular formula is C30H18N6O6. The van der Waals surface area contributed by atoms with E-state index in [1.807, 2.05) is 0 Å². The molecule has 7 rings (SSSR count). The quantitative estimate of drug-likeness (QED) is 0.226. The topological polar surface area (TPSA) is 165 Å². The van der Waals surface area contributed by atoms with Gasteiger partial charge in [0.25, 0.3) is 17.7 Å². The number of fused-ring (bicyclic) bond motifs is 3. The summed E-state index contributed by atoms with van der Waals surface area (Å²) in [6.45, 7) is 0. The van der Waals surface area contributed by atoms with E-state index in [4.69, 9.17) is 13.3 Å². The summed E-state index contributed by atoms with van der Waals surface area (Å²) in [5.41, 5.74) is 3.08. The average molecular weight is 559 g/mol. The maximum Gasteiger partial charge on any atom is 0.302 e. The molecule has 12 nitrogen and oxygen atoms in total. The molecular weight excluding hydrogens is 540 g/mol. The van der Waals surface area contributed by atoms with Gasteiger partial charge in [0.1, 0.15) is 16.6 Å². The number of carbonyl (C=O) groups excluding carboxylic acids is 3. The normalized spacial score (nSPS) is 11.1. The van der Waals surface area contributed by atoms with Crippen molar-refractivity contribution in [2.75, 3.05) is 16.0 Å². The molecule has 0 saturated carbocycles. The van der Waals surface area contributed by atoms with Crippen LogP contribution in [0.3, 0.4) is 0 Å². The monoisotopic (exact) mass is 558 g/mol. The van der Waals surface area contributed by atoms with Crippen molar-refractivity contribution >= 4 is 69.1 Å². The van der Waals surface area contributed by atoms with Crippen molar-refractivity contribution < 1.29 is 27.6 Å². The fourth-order valence-electron chi connectivity index (χ4n) is 4.31. The summed E-state index contributed by atoms with van der Waals surface area (Å²) in [5.74, 6) is -1.98. The highest BCUT2D eigenvalue weighted by molar-refractivity contribution is 6.12. The van der Waals surface area contributed by atoms with E-state index in [0.29, 0.717) is 33.3 Å². The van der Waals surface area contributed by atoms with Crippen LogP contribution >= 0.6 is 0 Å². The van der Waals surface area contributed by atoms with Crippen LogP contribution in [0.5, 0.6) is 0 Å². The Hall–Kier alpha value is -6.30. The molecule has 0 atom stereocenters. The van der Waals surface area contributed by atoms with E-state index in [2.05, 4.69) is 30.9 Å². The average Bonchev–Trinajstić information content (AvgIpc) is 3.72. The van der Waals surface area contributed by atoms with Crippen molar-refractivity contribution in [1.82, 2.24) is 15.0 Å². The maximum absolute atomic E-state index is 13.3. The Labute approximate surface area is 235 Å². The van der Waals surface area contributed by atoms with E-state index in [0.717, 1.165) is 0 Å². The second kappa shape index (κ2) is 10.0. The van der Waals surface area contributed by atoms with E-state index in [1.54, 1.807) is 72.8 Å². The molecule has 204 valence electrons. The second-order valence-electron chi connectivity index (χ2n) is 9.12. The Morgan fingerprint density at radius 1 is 0.452 bits per heavy atom. The third-order valence-corrected chi connectivity index (χ3v) is 6.26. The SMILES string of the molecule is O=C(Nc1nc2ccccc2o1)c1cc(C(=O)Nc2nc3ccccc3o2)cc(C(=O)Nc2nc3ccccc3o2)c1. The summed E-state index contributed by atoms with van der Waals surface area (Å²) >= 11 is 0. The van der Waals surface area contributed by atoms with Gasteiger partial charge in [0.2, 0.25) is 0 Å². The first-order valence-electron chi connectivity index (χ1n) is 12.6. The number of anilines is 3. The molecule has 0 unspecified atom stereocenters. The summed E-state index contributed by atoms with van der Waals surface area (Å²) in [5, 5.41) is 7.72. The molecule has 0 radical (unpaired) electrons. The van der Waals surface area contributed by atoms with Crippen LogP contribution in [0.2, 0.25) is 0 Å². The molecule has 12 heteroatoms. The highest BCUT2D eigenvalue weighted by Crippen LogP contribution is 2.23. The standard InChI is InChI=1S/C30H18N6O6/c37-25(34-28-31-19-7-1-4-10-22(19)40-28)16-13-17(26(38)35-29-32-20-8-2-5-11-23(20)41-29)15-18(14-16)27(39)36-30-33-21-9-3-6-12-24(21)42-30/h1-15H,(H,31,34,37)(H,32,35,38)(H,33,36,39). The van der Waals surface area contributed by atoms with Gasteiger partial charge in [-0.1, -0.05) is 36.4 Å². The summed E-state index contributed by atoms with van der Waals surface area (Å²) in [7, 11) is 0. The van der Waals surface area contributed by atoms with Crippen LogP contribution in [0.15, 0.2) is 104 Å². The van der Waals surface area contributed by atoms with Crippen LogP contribution in [0.1, 0.15) is 31.1 Å². The number of aromatic nitrogens is 3. The van der Waals surface area contributed by atoms with Crippen LogP contribution in [-0.2, 0) is 0 Å². The van der Waals surface area contributed by atoms with Crippen LogP contribution in [0.4, 0.5) is 18.0 Å². The van der Waals surface area contributed by atoms with Gasteiger partial charge in [-0.15, -0.1) is 0 Å². The van der Waals surface area contributed by atoms with Gasteiger partial charge < -0.3 is 13.3 Å². The molecule has 0 aliphatic rings. The minimum atomic E-state index is -0.658. The Balaban J connectivity index is 1.20. The molecule has 42 heavy (non-hydrogen) atoms. The number of carbonyl (C=O) groups is 3. The van der Waals surface area contributed by atoms with Gasteiger partial charge in [-0.2, -0.15) is 15.0 Å². The first-order chi connectivity index (χ1) is 20.5. The third-order valence-electron chi connectivity index (χ3n) is 6.26. The van der Waals surface area contributed by atoms with Crippen molar-refractivity contribution in [2.24, 2.45) is 0 Å². The lowest BCUT2D eigenvalue weighted by atomic mass is 10.0. The van der Waals surface area contributed by atoms with E-state index in [9.17, 15) is 14.4 Å². The van der Waals surface area contributed by atoms with Gasteiger partial charge in [0, 0.05) is 16.7 Å². The van der Waals surface area contributed by atoms with Crippen molar-refractivity contribution in [1.29, 1.82) is 0 Å². The number of nitrogens with zero attached hydrogens (tertiary/aromatic N) is 3. The number of rotatable bonds is 6. The minimum Gasteiger partial charge on any atom is -0.423 e. The highest BCUT2D eigenvalue weighted by atomic mass is 16.4. The maximum atomic E-state index is 13.3. The number of oxazole rings is 3. The first kappa shape index (κ1) is 24.7. The Morgan fingerprint density at radius 2 is 0.738 bits per heavy atom. The van der Waals surface area contributed by atoms with E-state index >= 15 is 0 Å². The molecule has 3 N–H and O–H groups in total. The smallest absolute Gasteiger partial charge is 0.302 e. The third kappa shape index (κ3) is 4.79. The van der Waals surface area contributed by atoms with Crippen LogP contribution in [0, 0.1) is 0 Å². The molecule has 7 aromatic rings. The molecule has 4 aromatic carbocycles. The van der Waals surface area contributed by atoms with Crippen molar-refractivity contribution in [3.63, 3.8) is 0 Å². The van der Waals surface area contributed by atoms with Crippen molar-refractivity contribution in [3.05, 3.63) is 108 Å². The molecule has 0 fully saturated rings. The van der Waals surface area contributed by atoms with Crippen LogP contribution in [0.25, 0.3) is 33.3 Å². The summed E-state index contributed by atoms with van der Waals surface area (Å²) in [4.78, 5) is 52.5. The molecule has 0 aliphatic heterocycles. The molecule has 0 bridgehead atoms. The lowest BCUT2D eigenvalue weighted by Crippen LogP contribution is -2.19. The van der Waals surface area contributed by atoms with Gasteiger partial charge in [-0.05, 0) is 54.6 Å². The number of hydrogen-bond acceptors (Lipinski definition) is 9. The molecule has 0 aliphatic carbocycles.